The van der Waals surface area contributed by atoms with Crippen molar-refractivity contribution in [1.29, 1.82) is 0 Å². The van der Waals surface area contributed by atoms with Crippen LogP contribution in [0.5, 0.6) is 0 Å². The number of aromatic nitrogens is 2. The molecule has 1 saturated heterocycles. The molecular weight excluding hydrogens is 324 g/mol. The van der Waals surface area contributed by atoms with Crippen LogP contribution in [0, 0.1) is 0 Å². The average Bonchev–Trinajstić information content (AvgIpc) is 3.15. The highest BCUT2D eigenvalue weighted by molar-refractivity contribution is 6.30. The number of nitrogens with zero attached hydrogens (tertiary/aromatic N) is 4. The molecule has 2 aromatic rings. The van der Waals surface area contributed by atoms with Gasteiger partial charge >= 0.3 is 0 Å². The molecule has 0 aliphatic carbocycles. The zero-order chi connectivity index (χ0) is 16.5. The van der Waals surface area contributed by atoms with Gasteiger partial charge in [0.15, 0.2) is 0 Å². The summed E-state index contributed by atoms with van der Waals surface area (Å²) in [6, 6.07) is 7.10. The van der Waals surface area contributed by atoms with Gasteiger partial charge in [0.25, 0.3) is 5.91 Å². The Morgan fingerprint density at radius 1 is 1.17 bits per heavy atom. The van der Waals surface area contributed by atoms with E-state index in [1.807, 2.05) is 11.1 Å². The summed E-state index contributed by atoms with van der Waals surface area (Å²) in [7, 11) is 0. The second-order valence-corrected chi connectivity index (χ2v) is 6.76. The van der Waals surface area contributed by atoms with Crippen molar-refractivity contribution >= 4 is 23.5 Å². The van der Waals surface area contributed by atoms with Gasteiger partial charge in [0.2, 0.25) is 5.95 Å². The van der Waals surface area contributed by atoms with Crippen molar-refractivity contribution in [3.63, 3.8) is 0 Å². The van der Waals surface area contributed by atoms with Crippen LogP contribution >= 0.6 is 11.6 Å². The van der Waals surface area contributed by atoms with E-state index in [1.54, 1.807) is 24.3 Å². The Labute approximate surface area is 146 Å². The molecule has 6 heteroatoms. The minimum Gasteiger partial charge on any atom is -0.341 e. The summed E-state index contributed by atoms with van der Waals surface area (Å²) in [5.41, 5.74) is 2.74. The summed E-state index contributed by atoms with van der Waals surface area (Å²) in [6.45, 7) is 3.31. The van der Waals surface area contributed by atoms with E-state index in [-0.39, 0.29) is 5.91 Å². The number of fused-ring (bicyclic) bond motifs is 1. The number of carbonyl (C=O) groups is 1. The Morgan fingerprint density at radius 2 is 2.00 bits per heavy atom. The van der Waals surface area contributed by atoms with Crippen LogP contribution in [0.25, 0.3) is 0 Å². The summed E-state index contributed by atoms with van der Waals surface area (Å²) >= 11 is 5.99. The lowest BCUT2D eigenvalue weighted by Gasteiger charge is -2.29. The van der Waals surface area contributed by atoms with Crippen molar-refractivity contribution in [2.45, 2.75) is 25.8 Å². The van der Waals surface area contributed by atoms with Gasteiger partial charge in [-0.3, -0.25) is 4.79 Å². The van der Waals surface area contributed by atoms with Crippen molar-refractivity contribution in [2.75, 3.05) is 24.5 Å². The molecule has 0 unspecified atom stereocenters. The van der Waals surface area contributed by atoms with Crippen molar-refractivity contribution in [3.8, 4) is 0 Å². The zero-order valence-electron chi connectivity index (χ0n) is 13.4. The first-order valence-electron chi connectivity index (χ1n) is 8.35. The smallest absolute Gasteiger partial charge is 0.254 e. The lowest BCUT2D eigenvalue weighted by molar-refractivity contribution is 0.0733. The number of amides is 1. The molecule has 5 nitrogen and oxygen atoms in total. The molecule has 2 aliphatic heterocycles. The first-order chi connectivity index (χ1) is 11.7. The average molecular weight is 343 g/mol. The Hall–Kier alpha value is -2.14. The van der Waals surface area contributed by atoms with Crippen LogP contribution in [0.3, 0.4) is 0 Å². The molecule has 1 fully saturated rings. The fraction of sp³-hybridized carbons (Fsp3) is 0.389. The normalized spacial score (nSPS) is 17.0. The largest absolute Gasteiger partial charge is 0.341 e. The number of carbonyl (C=O) groups excluding carboxylic acids is 1. The van der Waals surface area contributed by atoms with E-state index >= 15 is 0 Å². The van der Waals surface area contributed by atoms with Crippen LogP contribution in [0.4, 0.5) is 5.95 Å². The minimum absolute atomic E-state index is 0.00627. The third-order valence-electron chi connectivity index (χ3n) is 4.67. The molecule has 1 aromatic carbocycles. The third-order valence-corrected chi connectivity index (χ3v) is 4.90. The van der Waals surface area contributed by atoms with Gasteiger partial charge < -0.3 is 9.80 Å². The lowest BCUT2D eigenvalue weighted by atomic mass is 10.1. The van der Waals surface area contributed by atoms with Gasteiger partial charge in [-0.15, -0.1) is 0 Å². The van der Waals surface area contributed by atoms with E-state index in [2.05, 4.69) is 9.88 Å². The van der Waals surface area contributed by atoms with Gasteiger partial charge in [-0.25, -0.2) is 9.97 Å². The Morgan fingerprint density at radius 3 is 2.79 bits per heavy atom. The van der Waals surface area contributed by atoms with Gasteiger partial charge in [0.1, 0.15) is 0 Å². The molecule has 1 amide bonds. The highest BCUT2D eigenvalue weighted by atomic mass is 35.5. The summed E-state index contributed by atoms with van der Waals surface area (Å²) in [4.78, 5) is 26.0. The van der Waals surface area contributed by atoms with Crippen LogP contribution in [0.1, 0.15) is 34.5 Å². The number of hydrogen-bond donors (Lipinski definition) is 0. The number of anilines is 1. The third kappa shape index (κ3) is 2.96. The predicted octanol–water partition coefficient (Wildman–Crippen LogP) is 2.93. The molecule has 0 saturated carbocycles. The fourth-order valence-corrected chi connectivity index (χ4v) is 3.54. The fourth-order valence-electron chi connectivity index (χ4n) is 3.35. The molecule has 1 aromatic heterocycles. The highest BCUT2D eigenvalue weighted by Gasteiger charge is 2.24. The number of halogens is 1. The topological polar surface area (TPSA) is 49.3 Å². The second kappa shape index (κ2) is 6.40. The van der Waals surface area contributed by atoms with Crippen molar-refractivity contribution in [2.24, 2.45) is 0 Å². The molecule has 4 rings (SSSR count). The van der Waals surface area contributed by atoms with Gasteiger partial charge in [-0.1, -0.05) is 17.7 Å². The van der Waals surface area contributed by atoms with Gasteiger partial charge in [0.05, 0.1) is 5.69 Å². The Kier molecular flexibility index (Phi) is 4.10. The summed E-state index contributed by atoms with van der Waals surface area (Å²) in [6.07, 6.45) is 5.07. The number of benzene rings is 1. The minimum atomic E-state index is 0.00627. The van der Waals surface area contributed by atoms with E-state index in [9.17, 15) is 4.79 Å². The van der Waals surface area contributed by atoms with Crippen molar-refractivity contribution in [1.82, 2.24) is 14.9 Å². The Balaban J connectivity index is 1.52. The molecular formula is C18H19ClN4O. The van der Waals surface area contributed by atoms with E-state index in [1.165, 1.54) is 12.8 Å². The molecule has 0 atom stereocenters. The van der Waals surface area contributed by atoms with Crippen LogP contribution in [0.2, 0.25) is 5.02 Å². The van der Waals surface area contributed by atoms with E-state index in [0.717, 1.165) is 36.7 Å². The molecule has 0 bridgehead atoms. The van der Waals surface area contributed by atoms with E-state index < -0.39 is 0 Å². The molecule has 124 valence electrons. The Bertz CT molecular complexity index is 773. The number of hydrogen-bond acceptors (Lipinski definition) is 4. The first-order valence-corrected chi connectivity index (χ1v) is 8.73. The van der Waals surface area contributed by atoms with Crippen LogP contribution in [-0.2, 0) is 13.0 Å². The molecule has 2 aliphatic rings. The molecule has 0 radical (unpaired) electrons. The highest BCUT2D eigenvalue weighted by Crippen LogP contribution is 2.23. The zero-order valence-corrected chi connectivity index (χ0v) is 14.2. The maximum Gasteiger partial charge on any atom is 0.254 e. The van der Waals surface area contributed by atoms with Crippen LogP contribution in [-0.4, -0.2) is 40.4 Å². The summed E-state index contributed by atoms with van der Waals surface area (Å²) in [5.74, 6) is 0.840. The van der Waals surface area contributed by atoms with Gasteiger partial charge in [-0.05, 0) is 31.0 Å². The van der Waals surface area contributed by atoms with Crippen molar-refractivity contribution in [3.05, 3.63) is 52.3 Å². The summed E-state index contributed by atoms with van der Waals surface area (Å²) < 4.78 is 0. The quantitative estimate of drug-likeness (QED) is 0.842. The number of rotatable bonds is 2. The monoisotopic (exact) mass is 342 g/mol. The van der Waals surface area contributed by atoms with Crippen LogP contribution < -0.4 is 4.90 Å². The van der Waals surface area contributed by atoms with E-state index in [4.69, 9.17) is 16.6 Å². The van der Waals surface area contributed by atoms with Crippen molar-refractivity contribution < 1.29 is 4.79 Å². The second-order valence-electron chi connectivity index (χ2n) is 6.32. The van der Waals surface area contributed by atoms with Gasteiger partial charge in [-0.2, -0.15) is 0 Å². The molecule has 24 heavy (non-hydrogen) atoms. The SMILES string of the molecule is O=C(c1cccc(Cl)c1)N1CCc2nc(N3CCCC3)ncc2C1. The van der Waals surface area contributed by atoms with Crippen LogP contribution in [0.15, 0.2) is 30.5 Å². The maximum atomic E-state index is 12.7. The van der Waals surface area contributed by atoms with E-state index in [0.29, 0.717) is 23.7 Å². The summed E-state index contributed by atoms with van der Waals surface area (Å²) in [5, 5.41) is 0.580. The lowest BCUT2D eigenvalue weighted by Crippen LogP contribution is -2.36. The first kappa shape index (κ1) is 15.4. The van der Waals surface area contributed by atoms with Gasteiger partial charge in [0, 0.05) is 54.9 Å². The molecule has 3 heterocycles. The predicted molar refractivity (Wildman–Crippen MR) is 93.4 cm³/mol. The standard InChI is InChI=1S/C18H19ClN4O/c19-15-5-3-4-13(10-15)17(24)23-9-6-16-14(12-23)11-20-18(21-16)22-7-1-2-8-22/h3-5,10-11H,1-2,6-9,12H2. The molecule has 0 N–H and O–H groups in total. The molecule has 0 spiro atoms. The maximum absolute atomic E-state index is 12.7.